The smallest absolute Gasteiger partial charge is 0.251 e. The number of aromatic nitrogens is 3. The highest BCUT2D eigenvalue weighted by Gasteiger charge is 2.08. The Bertz CT molecular complexity index is 909. The fourth-order valence-corrected chi connectivity index (χ4v) is 2.39. The van der Waals surface area contributed by atoms with Crippen LogP contribution in [0.4, 0.5) is 10.2 Å². The number of benzene rings is 1. The van der Waals surface area contributed by atoms with Gasteiger partial charge in [-0.15, -0.1) is 0 Å². The van der Waals surface area contributed by atoms with Crippen molar-refractivity contribution in [1.29, 1.82) is 0 Å². The molecule has 1 aromatic carbocycles. The van der Waals surface area contributed by atoms with Crippen LogP contribution in [0, 0.1) is 5.82 Å². The first-order valence-corrected chi connectivity index (χ1v) is 8.41. The van der Waals surface area contributed by atoms with E-state index in [1.54, 1.807) is 29.3 Å². The van der Waals surface area contributed by atoms with Crippen molar-refractivity contribution >= 4 is 17.6 Å². The zero-order valence-electron chi connectivity index (χ0n) is 14.4. The van der Waals surface area contributed by atoms with E-state index in [-0.39, 0.29) is 18.2 Å². The molecule has 0 spiro atoms. The zero-order valence-corrected chi connectivity index (χ0v) is 14.4. The molecule has 0 saturated carbocycles. The van der Waals surface area contributed by atoms with E-state index in [9.17, 15) is 14.0 Å². The molecule has 0 saturated heterocycles. The van der Waals surface area contributed by atoms with Gasteiger partial charge in [-0.1, -0.05) is 0 Å². The van der Waals surface area contributed by atoms with Crippen molar-refractivity contribution in [3.8, 4) is 5.69 Å². The van der Waals surface area contributed by atoms with Crippen molar-refractivity contribution in [2.24, 2.45) is 0 Å². The number of carbonyl (C=O) groups excluding carboxylic acids is 2. The molecule has 0 atom stereocenters. The molecule has 138 valence electrons. The van der Waals surface area contributed by atoms with Gasteiger partial charge in [-0.3, -0.25) is 14.6 Å². The van der Waals surface area contributed by atoms with Gasteiger partial charge in [0.05, 0.1) is 5.69 Å². The largest absolute Gasteiger partial charge is 0.352 e. The quantitative estimate of drug-likeness (QED) is 0.628. The van der Waals surface area contributed by atoms with Gasteiger partial charge in [0.1, 0.15) is 5.82 Å². The topological polar surface area (TPSA) is 88.9 Å². The van der Waals surface area contributed by atoms with E-state index < -0.39 is 5.82 Å². The summed E-state index contributed by atoms with van der Waals surface area (Å²) in [6.07, 6.45) is 5.79. The van der Waals surface area contributed by atoms with Crippen molar-refractivity contribution in [3.05, 3.63) is 72.4 Å². The van der Waals surface area contributed by atoms with E-state index in [1.165, 1.54) is 24.3 Å². The molecule has 2 amide bonds. The average Bonchev–Trinajstić information content (AvgIpc) is 3.15. The number of hydrogen-bond acceptors (Lipinski definition) is 4. The maximum absolute atomic E-state index is 12.8. The first-order chi connectivity index (χ1) is 13.1. The van der Waals surface area contributed by atoms with Gasteiger partial charge in [-0.25, -0.2) is 9.07 Å². The molecule has 0 bridgehead atoms. The molecule has 2 heterocycles. The molecule has 0 aliphatic rings. The fourth-order valence-electron chi connectivity index (χ4n) is 2.39. The Labute approximate surface area is 155 Å². The van der Waals surface area contributed by atoms with Crippen LogP contribution in [0.3, 0.4) is 0 Å². The van der Waals surface area contributed by atoms with E-state index in [0.717, 1.165) is 5.69 Å². The molecule has 7 nitrogen and oxygen atoms in total. The Hall–Kier alpha value is -3.55. The molecular weight excluding hydrogens is 349 g/mol. The lowest BCUT2D eigenvalue weighted by atomic mass is 10.2. The first-order valence-electron chi connectivity index (χ1n) is 8.41. The second-order valence-electron chi connectivity index (χ2n) is 5.77. The van der Waals surface area contributed by atoms with Gasteiger partial charge in [-0.2, -0.15) is 5.10 Å². The summed E-state index contributed by atoms with van der Waals surface area (Å²) in [5, 5.41) is 9.69. The third-order valence-corrected chi connectivity index (χ3v) is 3.76. The highest BCUT2D eigenvalue weighted by atomic mass is 19.1. The summed E-state index contributed by atoms with van der Waals surface area (Å²) in [4.78, 5) is 27.8. The lowest BCUT2D eigenvalue weighted by molar-refractivity contribution is -0.116. The number of amides is 2. The van der Waals surface area contributed by atoms with Gasteiger partial charge in [0.15, 0.2) is 5.82 Å². The highest BCUT2D eigenvalue weighted by Crippen LogP contribution is 2.09. The van der Waals surface area contributed by atoms with Crippen molar-refractivity contribution < 1.29 is 14.0 Å². The molecule has 2 aromatic heterocycles. The summed E-state index contributed by atoms with van der Waals surface area (Å²) in [5.74, 6) is -0.431. The Morgan fingerprint density at radius 3 is 2.52 bits per heavy atom. The number of anilines is 1. The monoisotopic (exact) mass is 367 g/mol. The molecule has 3 rings (SSSR count). The molecule has 27 heavy (non-hydrogen) atoms. The van der Waals surface area contributed by atoms with Gasteiger partial charge in [0.2, 0.25) is 5.91 Å². The number of rotatable bonds is 7. The second-order valence-corrected chi connectivity index (χ2v) is 5.77. The van der Waals surface area contributed by atoms with Crippen LogP contribution in [0.2, 0.25) is 0 Å². The second kappa shape index (κ2) is 8.70. The summed E-state index contributed by atoms with van der Waals surface area (Å²) in [5.41, 5.74) is 1.22. The fraction of sp³-hybridized carbons (Fsp3) is 0.158. The Morgan fingerprint density at radius 2 is 1.78 bits per heavy atom. The van der Waals surface area contributed by atoms with E-state index in [4.69, 9.17) is 0 Å². The summed E-state index contributed by atoms with van der Waals surface area (Å²) < 4.78 is 14.5. The van der Waals surface area contributed by atoms with Gasteiger partial charge in [0, 0.05) is 43.2 Å². The number of pyridine rings is 1. The van der Waals surface area contributed by atoms with Crippen molar-refractivity contribution in [2.75, 3.05) is 11.9 Å². The lowest BCUT2D eigenvalue weighted by Gasteiger charge is -2.05. The standard InChI is InChI=1S/C19H18FN5O2/c20-15-5-3-14(4-6-15)19(27)22-10-1-2-18(26)23-17-9-13-25(24-17)16-7-11-21-12-8-16/h3-9,11-13H,1-2,10H2,(H,22,27)(H,23,24,26). The van der Waals surface area contributed by atoms with Crippen LogP contribution >= 0.6 is 0 Å². The third-order valence-electron chi connectivity index (χ3n) is 3.76. The summed E-state index contributed by atoms with van der Waals surface area (Å²) >= 11 is 0. The number of halogens is 1. The van der Waals surface area contributed by atoms with E-state index in [0.29, 0.717) is 24.3 Å². The highest BCUT2D eigenvalue weighted by molar-refractivity contribution is 5.94. The molecular formula is C19H18FN5O2. The zero-order chi connectivity index (χ0) is 19.1. The van der Waals surface area contributed by atoms with Crippen molar-refractivity contribution in [2.45, 2.75) is 12.8 Å². The van der Waals surface area contributed by atoms with Crippen LogP contribution in [-0.4, -0.2) is 33.1 Å². The normalized spacial score (nSPS) is 10.4. The predicted molar refractivity (Wildman–Crippen MR) is 98.0 cm³/mol. The maximum atomic E-state index is 12.8. The summed E-state index contributed by atoms with van der Waals surface area (Å²) in [6, 6.07) is 10.6. The Kier molecular flexibility index (Phi) is 5.88. The average molecular weight is 367 g/mol. The van der Waals surface area contributed by atoms with Crippen LogP contribution in [0.15, 0.2) is 61.1 Å². The van der Waals surface area contributed by atoms with Gasteiger partial charge in [-0.05, 0) is 42.8 Å². The molecule has 0 aliphatic heterocycles. The van der Waals surface area contributed by atoms with Crippen LogP contribution in [0.5, 0.6) is 0 Å². The molecule has 0 unspecified atom stereocenters. The molecule has 0 fully saturated rings. The maximum Gasteiger partial charge on any atom is 0.251 e. The first kappa shape index (κ1) is 18.2. The minimum Gasteiger partial charge on any atom is -0.352 e. The molecule has 0 radical (unpaired) electrons. The third kappa shape index (κ3) is 5.21. The van der Waals surface area contributed by atoms with E-state index >= 15 is 0 Å². The number of nitrogens with one attached hydrogen (secondary N) is 2. The van der Waals surface area contributed by atoms with E-state index in [2.05, 4.69) is 20.7 Å². The van der Waals surface area contributed by atoms with Crippen LogP contribution in [0.1, 0.15) is 23.2 Å². The van der Waals surface area contributed by atoms with Gasteiger partial charge >= 0.3 is 0 Å². The molecule has 0 aliphatic carbocycles. The number of nitrogens with zero attached hydrogens (tertiary/aromatic N) is 3. The minimum absolute atomic E-state index is 0.189. The Morgan fingerprint density at radius 1 is 1.04 bits per heavy atom. The predicted octanol–water partition coefficient (Wildman–Crippen LogP) is 2.56. The lowest BCUT2D eigenvalue weighted by Crippen LogP contribution is -2.25. The summed E-state index contributed by atoms with van der Waals surface area (Å²) in [6.45, 7) is 0.342. The number of carbonyl (C=O) groups is 2. The molecule has 2 N–H and O–H groups in total. The van der Waals surface area contributed by atoms with Gasteiger partial charge in [0.25, 0.3) is 5.91 Å². The van der Waals surface area contributed by atoms with Crippen LogP contribution < -0.4 is 10.6 Å². The minimum atomic E-state index is -0.394. The number of hydrogen-bond donors (Lipinski definition) is 2. The van der Waals surface area contributed by atoms with Crippen molar-refractivity contribution in [3.63, 3.8) is 0 Å². The molecule has 8 heteroatoms. The molecule has 3 aromatic rings. The van der Waals surface area contributed by atoms with Crippen molar-refractivity contribution in [1.82, 2.24) is 20.1 Å². The van der Waals surface area contributed by atoms with Crippen LogP contribution in [0.25, 0.3) is 5.69 Å². The Balaban J connectivity index is 1.40. The van der Waals surface area contributed by atoms with E-state index in [1.807, 2.05) is 12.1 Å². The summed E-state index contributed by atoms with van der Waals surface area (Å²) in [7, 11) is 0. The van der Waals surface area contributed by atoms with Crippen LogP contribution in [-0.2, 0) is 4.79 Å². The van der Waals surface area contributed by atoms with Gasteiger partial charge < -0.3 is 10.6 Å². The SMILES string of the molecule is O=C(CCCNC(=O)c1ccc(F)cc1)Nc1ccn(-c2ccncc2)n1.